The minimum Gasteiger partial charge on any atom is -0.491 e. The first-order valence-electron chi connectivity index (χ1n) is 12.2. The van der Waals surface area contributed by atoms with E-state index >= 15 is 0 Å². The van der Waals surface area contributed by atoms with E-state index in [1.54, 1.807) is 24.5 Å². The smallest absolute Gasteiger partial charge is 0.338 e. The van der Waals surface area contributed by atoms with Gasteiger partial charge in [-0.3, -0.25) is 9.36 Å². The lowest BCUT2D eigenvalue weighted by Crippen LogP contribution is -2.40. The van der Waals surface area contributed by atoms with Crippen molar-refractivity contribution in [3.05, 3.63) is 85.6 Å². The zero-order valence-electron chi connectivity index (χ0n) is 21.8. The second-order valence-corrected chi connectivity index (χ2v) is 12.2. The Hall–Kier alpha value is -2.63. The molecule has 1 aliphatic heterocycles. The topological polar surface area (TPSA) is 79.1 Å². The Labute approximate surface area is 257 Å². The first-order valence-corrected chi connectivity index (χ1v) is 15.1. The lowest BCUT2D eigenvalue weighted by atomic mass is 9.95. The minimum atomic E-state index is -0.773. The Morgan fingerprint density at radius 1 is 1.28 bits per heavy atom. The summed E-state index contributed by atoms with van der Waals surface area (Å²) in [6.45, 7) is 7.66. The highest BCUT2D eigenvalue weighted by atomic mass is 127. The molecule has 2 aromatic carbocycles. The molecule has 10 heteroatoms. The summed E-state index contributed by atoms with van der Waals surface area (Å²) in [5.41, 5.74) is 1.92. The first kappa shape index (κ1) is 29.4. The van der Waals surface area contributed by atoms with Crippen molar-refractivity contribution in [1.82, 2.24) is 4.57 Å². The number of thiazole rings is 1. The fourth-order valence-electron chi connectivity index (χ4n) is 4.25. The summed E-state index contributed by atoms with van der Waals surface area (Å²) < 4.78 is 21.2. The number of halogens is 2. The number of carbonyl (C=O) groups is 1. The third-order valence-electron chi connectivity index (χ3n) is 5.72. The van der Waals surface area contributed by atoms with Gasteiger partial charge in [-0.05, 0) is 97.2 Å². The predicted molar refractivity (Wildman–Crippen MR) is 169 cm³/mol. The second-order valence-electron chi connectivity index (χ2n) is 8.81. The molecule has 0 saturated carbocycles. The van der Waals surface area contributed by atoms with Crippen LogP contribution in [0, 0.1) is 19.5 Å². The number of esters is 1. The molecule has 0 radical (unpaired) electrons. The standard InChI is InChI=1S/C29H26I2N2O5S/c1-6-12-37-26-18(13-19(30)15-21(26)31)14-23-27(34)33-25(20-10-8-9-11-22(20)38-16(3)4)24(28(35)36-7-2)17(5)32-29(33)39-23/h1,8-11,13-16,25H,7,12H2,2-5H3/b23-14-/t25-/m1/s1. The molecule has 4 rings (SSSR count). The van der Waals surface area contributed by atoms with E-state index in [1.165, 1.54) is 11.3 Å². The van der Waals surface area contributed by atoms with Crippen molar-refractivity contribution in [3.8, 4) is 23.8 Å². The molecule has 0 N–H and O–H groups in total. The quantitative estimate of drug-likeness (QED) is 0.187. The van der Waals surface area contributed by atoms with Crippen LogP contribution in [0.25, 0.3) is 6.08 Å². The van der Waals surface area contributed by atoms with Crippen molar-refractivity contribution in [1.29, 1.82) is 0 Å². The number of carbonyl (C=O) groups excluding carboxylic acids is 1. The van der Waals surface area contributed by atoms with Gasteiger partial charge in [0.15, 0.2) is 4.80 Å². The van der Waals surface area contributed by atoms with E-state index in [0.717, 1.165) is 12.7 Å². The lowest BCUT2D eigenvalue weighted by Gasteiger charge is -2.26. The fraction of sp³-hybridized carbons (Fsp3) is 0.276. The van der Waals surface area contributed by atoms with Crippen LogP contribution in [0.15, 0.2) is 57.5 Å². The average Bonchev–Trinajstić information content (AvgIpc) is 3.17. The van der Waals surface area contributed by atoms with Crippen LogP contribution in [0.4, 0.5) is 0 Å². The number of nitrogens with zero attached hydrogens (tertiary/aromatic N) is 2. The van der Waals surface area contributed by atoms with E-state index in [9.17, 15) is 9.59 Å². The molecule has 1 atom stereocenters. The Kier molecular flexibility index (Phi) is 9.56. The molecule has 0 aliphatic carbocycles. The molecule has 1 aromatic heterocycles. The molecule has 0 saturated heterocycles. The maximum Gasteiger partial charge on any atom is 0.338 e. The van der Waals surface area contributed by atoms with Gasteiger partial charge in [-0.1, -0.05) is 35.5 Å². The maximum absolute atomic E-state index is 14.1. The molecule has 0 spiro atoms. The molecule has 3 aromatic rings. The average molecular weight is 768 g/mol. The van der Waals surface area contributed by atoms with Gasteiger partial charge in [0.25, 0.3) is 5.56 Å². The summed E-state index contributed by atoms with van der Waals surface area (Å²) in [4.78, 5) is 32.4. The number of rotatable bonds is 8. The number of aromatic nitrogens is 1. The van der Waals surface area contributed by atoms with Gasteiger partial charge >= 0.3 is 5.97 Å². The molecule has 1 aliphatic rings. The minimum absolute atomic E-state index is 0.105. The van der Waals surface area contributed by atoms with Crippen LogP contribution < -0.4 is 24.4 Å². The van der Waals surface area contributed by atoms with Crippen molar-refractivity contribution in [2.24, 2.45) is 4.99 Å². The Balaban J connectivity index is 2.00. The fourth-order valence-corrected chi connectivity index (χ4v) is 7.33. The predicted octanol–water partition coefficient (Wildman–Crippen LogP) is 4.81. The van der Waals surface area contributed by atoms with E-state index in [-0.39, 0.29) is 24.9 Å². The van der Waals surface area contributed by atoms with Crippen molar-refractivity contribution < 1.29 is 19.0 Å². The van der Waals surface area contributed by atoms with Crippen molar-refractivity contribution in [3.63, 3.8) is 0 Å². The third-order valence-corrected chi connectivity index (χ3v) is 8.12. The van der Waals surface area contributed by atoms with Gasteiger partial charge in [0.2, 0.25) is 0 Å². The number of hydrogen-bond acceptors (Lipinski definition) is 7. The largest absolute Gasteiger partial charge is 0.491 e. The second kappa shape index (κ2) is 12.7. The molecule has 0 fully saturated rings. The zero-order valence-corrected chi connectivity index (χ0v) is 26.9. The lowest BCUT2D eigenvalue weighted by molar-refractivity contribution is -0.139. The maximum atomic E-state index is 14.1. The van der Waals surface area contributed by atoms with E-state index in [2.05, 4.69) is 56.1 Å². The highest BCUT2D eigenvalue weighted by molar-refractivity contribution is 14.1. The van der Waals surface area contributed by atoms with E-state index in [0.29, 0.717) is 37.7 Å². The van der Waals surface area contributed by atoms with Crippen LogP contribution in [0.5, 0.6) is 11.5 Å². The van der Waals surface area contributed by atoms with Crippen molar-refractivity contribution in [2.45, 2.75) is 39.8 Å². The number of terminal acetylenes is 1. The molecule has 39 heavy (non-hydrogen) atoms. The summed E-state index contributed by atoms with van der Waals surface area (Å²) in [7, 11) is 0. The SMILES string of the molecule is C#CCOc1c(I)cc(I)cc1/C=c1\sc2n(c1=O)[C@H](c1ccccc1OC(C)C)C(C(=O)OCC)=C(C)N=2. The molecule has 2 heterocycles. The first-order chi connectivity index (χ1) is 18.7. The molecular weight excluding hydrogens is 742 g/mol. The van der Waals surface area contributed by atoms with Gasteiger partial charge < -0.3 is 14.2 Å². The monoisotopic (exact) mass is 768 g/mol. The van der Waals surface area contributed by atoms with E-state index in [1.807, 2.05) is 50.2 Å². The molecule has 0 bridgehead atoms. The normalized spacial score (nSPS) is 15.0. The summed E-state index contributed by atoms with van der Waals surface area (Å²) >= 11 is 5.67. The van der Waals surface area contributed by atoms with Crippen LogP contribution in [0.1, 0.15) is 44.9 Å². The number of allylic oxidation sites excluding steroid dienone is 1. The van der Waals surface area contributed by atoms with Gasteiger partial charge in [0.1, 0.15) is 24.1 Å². The van der Waals surface area contributed by atoms with Crippen LogP contribution in [-0.2, 0) is 9.53 Å². The Bertz CT molecular complexity index is 1680. The van der Waals surface area contributed by atoms with Gasteiger partial charge in [0, 0.05) is 14.7 Å². The number of hydrogen-bond donors (Lipinski definition) is 0. The summed E-state index contributed by atoms with van der Waals surface area (Å²) in [5, 5.41) is 0. The third kappa shape index (κ3) is 6.25. The van der Waals surface area contributed by atoms with Crippen LogP contribution in [0.3, 0.4) is 0 Å². The molecule has 0 unspecified atom stereocenters. The van der Waals surface area contributed by atoms with Gasteiger partial charge in [-0.25, -0.2) is 9.79 Å². The molecular formula is C29H26I2N2O5S. The van der Waals surface area contributed by atoms with Crippen LogP contribution in [0.2, 0.25) is 0 Å². The highest BCUT2D eigenvalue weighted by Crippen LogP contribution is 2.36. The Morgan fingerprint density at radius 3 is 2.72 bits per heavy atom. The number of ether oxygens (including phenoxy) is 3. The number of para-hydroxylation sites is 1. The molecule has 7 nitrogen and oxygen atoms in total. The van der Waals surface area contributed by atoms with E-state index in [4.69, 9.17) is 20.6 Å². The summed E-state index contributed by atoms with van der Waals surface area (Å²) in [6, 6.07) is 10.6. The highest BCUT2D eigenvalue weighted by Gasteiger charge is 2.35. The molecule has 0 amide bonds. The zero-order chi connectivity index (χ0) is 28.3. The van der Waals surface area contributed by atoms with Crippen molar-refractivity contribution in [2.75, 3.05) is 13.2 Å². The van der Waals surface area contributed by atoms with Gasteiger partial charge in [0.05, 0.1) is 32.1 Å². The number of fused-ring (bicyclic) bond motifs is 1. The molecule has 202 valence electrons. The number of benzene rings is 2. The van der Waals surface area contributed by atoms with Gasteiger partial charge in [-0.2, -0.15) is 0 Å². The summed E-state index contributed by atoms with van der Waals surface area (Å²) in [6.07, 6.45) is 7.11. The van der Waals surface area contributed by atoms with Crippen LogP contribution >= 0.6 is 56.5 Å². The Morgan fingerprint density at radius 2 is 2.03 bits per heavy atom. The summed E-state index contributed by atoms with van der Waals surface area (Å²) in [5.74, 6) is 3.16. The van der Waals surface area contributed by atoms with Crippen LogP contribution in [-0.4, -0.2) is 29.9 Å². The van der Waals surface area contributed by atoms with Gasteiger partial charge in [-0.15, -0.1) is 6.42 Å². The van der Waals surface area contributed by atoms with Crippen molar-refractivity contribution >= 4 is 68.6 Å². The van der Waals surface area contributed by atoms with E-state index < -0.39 is 12.0 Å².